The minimum absolute atomic E-state index is 0.130. The predicted molar refractivity (Wildman–Crippen MR) is 334 cm³/mol. The van der Waals surface area contributed by atoms with Crippen LogP contribution >= 0.6 is 0 Å². The van der Waals surface area contributed by atoms with Crippen LogP contribution in [0.2, 0.25) is 0 Å². The van der Waals surface area contributed by atoms with E-state index >= 15 is 0 Å². The third kappa shape index (κ3) is 61.2. The molecule has 1 atom stereocenters. The average molecular weight is 1060 g/mol. The lowest BCUT2D eigenvalue weighted by atomic mass is 10.1. The number of rotatable bonds is 52. The van der Waals surface area contributed by atoms with Gasteiger partial charge in [0.05, 0.1) is 0 Å². The average Bonchev–Trinajstić information content (AvgIpc) is 3.43. The summed E-state index contributed by atoms with van der Waals surface area (Å²) in [4.78, 5) is 38.1. The fourth-order valence-electron chi connectivity index (χ4n) is 7.40. The normalized spacial score (nSPS) is 13.4. The molecule has 0 radical (unpaired) electrons. The maximum atomic E-state index is 12.8. The van der Waals surface area contributed by atoms with Gasteiger partial charge in [0.2, 0.25) is 0 Å². The molecular weight excluding hydrogens is 949 g/mol. The smallest absolute Gasteiger partial charge is 0.306 e. The first-order valence-corrected chi connectivity index (χ1v) is 30.3. The van der Waals surface area contributed by atoms with Crippen molar-refractivity contribution in [3.63, 3.8) is 0 Å². The van der Waals surface area contributed by atoms with Gasteiger partial charge in [-0.1, -0.05) is 248 Å². The van der Waals surface area contributed by atoms with Crippen LogP contribution in [-0.2, 0) is 28.6 Å². The molecule has 0 aliphatic rings. The first-order chi connectivity index (χ1) is 38.0. The molecule has 0 heterocycles. The Balaban J connectivity index is 4.48. The highest BCUT2D eigenvalue weighted by Gasteiger charge is 2.19. The zero-order chi connectivity index (χ0) is 55.7. The van der Waals surface area contributed by atoms with Crippen LogP contribution in [0.5, 0.6) is 0 Å². The number of carbonyl (C=O) groups excluding carboxylic acids is 3. The molecule has 0 amide bonds. The summed E-state index contributed by atoms with van der Waals surface area (Å²) < 4.78 is 16.7. The van der Waals surface area contributed by atoms with Crippen LogP contribution in [0.25, 0.3) is 0 Å². The van der Waals surface area contributed by atoms with Gasteiger partial charge in [0.1, 0.15) is 13.2 Å². The Kier molecular flexibility index (Phi) is 58.6. The summed E-state index contributed by atoms with van der Waals surface area (Å²) >= 11 is 0. The van der Waals surface area contributed by atoms with Crippen molar-refractivity contribution in [1.29, 1.82) is 0 Å². The van der Waals surface area contributed by atoms with E-state index < -0.39 is 12.1 Å². The maximum absolute atomic E-state index is 12.8. The second kappa shape index (κ2) is 63.0. The summed E-state index contributed by atoms with van der Waals surface area (Å²) in [6.45, 7) is 6.26. The van der Waals surface area contributed by atoms with E-state index in [0.717, 1.165) is 161 Å². The lowest BCUT2D eigenvalue weighted by Gasteiger charge is -2.18. The number of ether oxygens (including phenoxy) is 3. The minimum atomic E-state index is -0.843. The predicted octanol–water partition coefficient (Wildman–Crippen LogP) is 20.9. The fourth-order valence-corrected chi connectivity index (χ4v) is 7.40. The highest BCUT2D eigenvalue weighted by atomic mass is 16.6. The number of carbonyl (C=O) groups is 3. The third-order valence-electron chi connectivity index (χ3n) is 11.9. The van der Waals surface area contributed by atoms with Gasteiger partial charge in [-0.2, -0.15) is 0 Å². The summed E-state index contributed by atoms with van der Waals surface area (Å²) in [6.07, 6.45) is 94.8. The topological polar surface area (TPSA) is 78.9 Å². The second-order valence-corrected chi connectivity index (χ2v) is 19.1. The summed E-state index contributed by atoms with van der Waals surface area (Å²) in [5.41, 5.74) is 0. The van der Waals surface area contributed by atoms with Crippen LogP contribution in [-0.4, -0.2) is 37.2 Å². The van der Waals surface area contributed by atoms with Gasteiger partial charge in [0, 0.05) is 19.3 Å². The van der Waals surface area contributed by atoms with Gasteiger partial charge in [-0.15, -0.1) is 0 Å². The van der Waals surface area contributed by atoms with Crippen molar-refractivity contribution < 1.29 is 28.6 Å². The molecule has 1 unspecified atom stereocenters. The monoisotopic (exact) mass is 1060 g/mol. The van der Waals surface area contributed by atoms with E-state index in [2.05, 4.69) is 191 Å². The molecule has 0 aromatic heterocycles. The molecule has 0 aromatic carbocycles. The van der Waals surface area contributed by atoms with Crippen molar-refractivity contribution >= 4 is 17.9 Å². The Labute approximate surface area is 472 Å². The first-order valence-electron chi connectivity index (χ1n) is 30.3. The zero-order valence-corrected chi connectivity index (χ0v) is 48.9. The van der Waals surface area contributed by atoms with E-state index in [4.69, 9.17) is 14.2 Å². The maximum Gasteiger partial charge on any atom is 0.306 e. The van der Waals surface area contributed by atoms with E-state index in [1.54, 1.807) is 0 Å². The molecule has 6 nitrogen and oxygen atoms in total. The van der Waals surface area contributed by atoms with Gasteiger partial charge in [0.25, 0.3) is 0 Å². The highest BCUT2D eigenvalue weighted by molar-refractivity contribution is 5.71. The van der Waals surface area contributed by atoms with Gasteiger partial charge < -0.3 is 14.2 Å². The van der Waals surface area contributed by atoms with Crippen molar-refractivity contribution in [2.45, 2.75) is 232 Å². The Morgan fingerprint density at radius 3 is 0.857 bits per heavy atom. The Morgan fingerprint density at radius 1 is 0.273 bits per heavy atom. The molecule has 0 aromatic rings. The summed E-state index contributed by atoms with van der Waals surface area (Å²) in [5, 5.41) is 0. The second-order valence-electron chi connectivity index (χ2n) is 19.1. The van der Waals surface area contributed by atoms with Crippen LogP contribution in [0, 0.1) is 0 Å². The molecule has 0 fully saturated rings. The van der Waals surface area contributed by atoms with E-state index in [1.807, 2.05) is 12.2 Å². The molecule has 0 rings (SSSR count). The molecule has 428 valence electrons. The Morgan fingerprint density at radius 2 is 0.532 bits per heavy atom. The van der Waals surface area contributed by atoms with Crippen molar-refractivity contribution in [3.8, 4) is 0 Å². The molecule has 0 N–H and O–H groups in total. The van der Waals surface area contributed by atoms with Crippen molar-refractivity contribution in [2.75, 3.05) is 13.2 Å². The summed E-state index contributed by atoms with van der Waals surface area (Å²) in [7, 11) is 0. The fraction of sp³-hybridized carbons (Fsp3) is 0.535. The molecule has 0 saturated carbocycles. The van der Waals surface area contributed by atoms with Crippen molar-refractivity contribution in [3.05, 3.63) is 182 Å². The lowest BCUT2D eigenvalue weighted by Crippen LogP contribution is -2.30. The van der Waals surface area contributed by atoms with Crippen LogP contribution in [0.15, 0.2) is 182 Å². The van der Waals surface area contributed by atoms with E-state index in [9.17, 15) is 14.4 Å². The van der Waals surface area contributed by atoms with Crippen LogP contribution in [0.3, 0.4) is 0 Å². The van der Waals surface area contributed by atoms with Crippen molar-refractivity contribution in [2.24, 2.45) is 0 Å². The standard InChI is InChI=1S/C71H108O6/c1-4-7-10-13-16-19-22-24-26-28-30-31-32-33-34-35-36-37-38-39-41-42-44-46-49-52-55-58-61-64-70(73)76-67-68(66-75-69(72)63-60-57-54-51-48-21-18-15-12-9-6-3)77-71(74)65-62-59-56-53-50-47-45-43-40-29-27-25-23-20-17-14-11-8-5-2/h7-8,10-11,15-20,24-27,30-31,33-34,36-37,39-41,43-44,46-47,50,56,59,68H,4-6,9,12-14,21-23,28-29,32,35,38,42,45,48-49,51-55,57-58,60-67H2,1-3H3/b10-7-,11-8-,18-15-,19-16-,20-17-,26-24-,27-25-,31-30-,34-33-,37-36-,41-39-,43-40-,46-44-,50-47-,59-56-. The van der Waals surface area contributed by atoms with E-state index in [-0.39, 0.29) is 31.6 Å². The summed E-state index contributed by atoms with van der Waals surface area (Å²) in [5.74, 6) is -1.06. The largest absolute Gasteiger partial charge is 0.462 e. The van der Waals surface area contributed by atoms with E-state index in [1.165, 1.54) is 19.3 Å². The number of hydrogen-bond acceptors (Lipinski definition) is 6. The first kappa shape index (κ1) is 71.5. The van der Waals surface area contributed by atoms with Gasteiger partial charge in [-0.3, -0.25) is 14.4 Å². The SMILES string of the molecule is CC/C=C\C/C=C\C/C=C\C/C=C\C/C=C\C/C=C\C/C=C\C/C=C\CCCCCCC(=O)OCC(COC(=O)CCCCCCC/C=C\CCCC)OC(=O)CC/C=C\C/C=C\C/C=C\C/C=C\C/C=C\C/C=C\CC. The third-order valence-corrected chi connectivity index (χ3v) is 11.9. The minimum Gasteiger partial charge on any atom is -0.462 e. The molecule has 0 aliphatic carbocycles. The molecule has 0 aliphatic heterocycles. The molecule has 0 saturated heterocycles. The van der Waals surface area contributed by atoms with Crippen molar-refractivity contribution in [1.82, 2.24) is 0 Å². The van der Waals surface area contributed by atoms with Gasteiger partial charge in [-0.25, -0.2) is 0 Å². The molecular formula is C71H108O6. The highest BCUT2D eigenvalue weighted by Crippen LogP contribution is 2.12. The van der Waals surface area contributed by atoms with Gasteiger partial charge >= 0.3 is 17.9 Å². The lowest BCUT2D eigenvalue weighted by molar-refractivity contribution is -0.166. The number of unbranched alkanes of at least 4 members (excludes halogenated alkanes) is 11. The van der Waals surface area contributed by atoms with Crippen LogP contribution in [0.1, 0.15) is 226 Å². The molecule has 6 heteroatoms. The molecule has 77 heavy (non-hydrogen) atoms. The van der Waals surface area contributed by atoms with Gasteiger partial charge in [-0.05, 0) is 141 Å². The Hall–Kier alpha value is -5.49. The van der Waals surface area contributed by atoms with Gasteiger partial charge in [0.15, 0.2) is 6.10 Å². The number of hydrogen-bond donors (Lipinski definition) is 0. The van der Waals surface area contributed by atoms with Crippen LogP contribution in [0.4, 0.5) is 0 Å². The van der Waals surface area contributed by atoms with E-state index in [0.29, 0.717) is 19.3 Å². The summed E-state index contributed by atoms with van der Waals surface area (Å²) in [6, 6.07) is 0. The molecule has 0 bridgehead atoms. The number of allylic oxidation sites excluding steroid dienone is 30. The van der Waals surface area contributed by atoms with Crippen LogP contribution < -0.4 is 0 Å². The quantitative estimate of drug-likeness (QED) is 0.0261. The zero-order valence-electron chi connectivity index (χ0n) is 48.9. The molecule has 0 spiro atoms. The Bertz CT molecular complexity index is 1840. The number of esters is 3.